The highest BCUT2D eigenvalue weighted by atomic mass is 32.2. The van der Waals surface area contributed by atoms with Crippen LogP contribution in [0.2, 0.25) is 0 Å². The van der Waals surface area contributed by atoms with Crippen molar-refractivity contribution in [3.8, 4) is 0 Å². The third-order valence-electron chi connectivity index (χ3n) is 5.16. The quantitative estimate of drug-likeness (QED) is 0.359. The molecule has 0 saturated carbocycles. The van der Waals surface area contributed by atoms with Crippen LogP contribution in [0.4, 0.5) is 0 Å². The van der Waals surface area contributed by atoms with Gasteiger partial charge in [0.2, 0.25) is 5.78 Å². The van der Waals surface area contributed by atoms with E-state index in [0.717, 1.165) is 16.7 Å². The normalized spacial score (nSPS) is 12.2. The summed E-state index contributed by atoms with van der Waals surface area (Å²) in [6.07, 6.45) is -1.49. The van der Waals surface area contributed by atoms with E-state index in [1.165, 1.54) is 12.1 Å². The second-order valence-electron chi connectivity index (χ2n) is 7.89. The Hall–Kier alpha value is -3.25. The SMILES string of the molecule is Cc1ccc(C(=O)C(OC(=O)CCS(=O)(=O)c2ccc(C)cc2)c2ccc(C)cc2)cc1. The van der Waals surface area contributed by atoms with Crippen LogP contribution >= 0.6 is 0 Å². The second kappa shape index (κ2) is 9.92. The Morgan fingerprint density at radius 3 is 1.75 bits per heavy atom. The van der Waals surface area contributed by atoms with E-state index in [2.05, 4.69) is 0 Å². The molecule has 0 heterocycles. The zero-order valence-corrected chi connectivity index (χ0v) is 19.2. The topological polar surface area (TPSA) is 77.5 Å². The summed E-state index contributed by atoms with van der Waals surface area (Å²) < 4.78 is 30.6. The second-order valence-corrected chi connectivity index (χ2v) is 10.0. The minimum absolute atomic E-state index is 0.154. The smallest absolute Gasteiger partial charge is 0.307 e. The van der Waals surface area contributed by atoms with Crippen LogP contribution in [0.15, 0.2) is 77.7 Å². The summed E-state index contributed by atoms with van der Waals surface area (Å²) in [7, 11) is -3.64. The maximum atomic E-state index is 13.1. The monoisotopic (exact) mass is 450 g/mol. The van der Waals surface area contributed by atoms with Crippen LogP contribution in [0.25, 0.3) is 0 Å². The zero-order valence-electron chi connectivity index (χ0n) is 18.4. The Labute approximate surface area is 189 Å². The lowest BCUT2D eigenvalue weighted by molar-refractivity contribution is -0.146. The number of esters is 1. The maximum absolute atomic E-state index is 13.1. The predicted molar refractivity (Wildman–Crippen MR) is 123 cm³/mol. The number of carbonyl (C=O) groups is 2. The van der Waals surface area contributed by atoms with Gasteiger partial charge in [0.05, 0.1) is 17.1 Å². The number of carbonyl (C=O) groups excluding carboxylic acids is 2. The molecule has 0 amide bonds. The van der Waals surface area contributed by atoms with Crippen LogP contribution in [0.1, 0.15) is 45.1 Å². The van der Waals surface area contributed by atoms with Crippen LogP contribution in [-0.2, 0) is 19.4 Å². The average molecular weight is 451 g/mol. The first-order valence-electron chi connectivity index (χ1n) is 10.3. The Kier molecular flexibility index (Phi) is 7.26. The number of ether oxygens (including phenoxy) is 1. The lowest BCUT2D eigenvalue weighted by atomic mass is 9.98. The van der Waals surface area contributed by atoms with Crippen molar-refractivity contribution in [3.05, 3.63) is 101 Å². The predicted octanol–water partition coefficient (Wildman–Crippen LogP) is 4.94. The number of sulfone groups is 1. The van der Waals surface area contributed by atoms with Crippen LogP contribution < -0.4 is 0 Å². The Morgan fingerprint density at radius 2 is 1.22 bits per heavy atom. The van der Waals surface area contributed by atoms with Gasteiger partial charge in [-0.3, -0.25) is 9.59 Å². The molecule has 1 unspecified atom stereocenters. The van der Waals surface area contributed by atoms with Crippen LogP contribution in [-0.4, -0.2) is 25.9 Å². The number of hydrogen-bond acceptors (Lipinski definition) is 5. The van der Waals surface area contributed by atoms with Crippen molar-refractivity contribution in [1.29, 1.82) is 0 Å². The fourth-order valence-corrected chi connectivity index (χ4v) is 4.38. The molecule has 0 spiro atoms. The molecule has 0 aliphatic rings. The third-order valence-corrected chi connectivity index (χ3v) is 6.89. The van der Waals surface area contributed by atoms with Gasteiger partial charge >= 0.3 is 5.97 Å². The van der Waals surface area contributed by atoms with E-state index >= 15 is 0 Å². The highest BCUT2D eigenvalue weighted by Gasteiger charge is 2.27. The van der Waals surface area contributed by atoms with Gasteiger partial charge in [0, 0.05) is 11.1 Å². The molecule has 0 fully saturated rings. The van der Waals surface area contributed by atoms with E-state index in [-0.39, 0.29) is 17.1 Å². The van der Waals surface area contributed by atoms with E-state index < -0.39 is 27.7 Å². The number of aryl methyl sites for hydroxylation is 3. The van der Waals surface area contributed by atoms with E-state index in [9.17, 15) is 18.0 Å². The molecule has 6 heteroatoms. The first kappa shape index (κ1) is 23.4. The summed E-state index contributed by atoms with van der Waals surface area (Å²) in [4.78, 5) is 25.9. The number of hydrogen-bond donors (Lipinski definition) is 0. The van der Waals surface area contributed by atoms with E-state index in [4.69, 9.17) is 4.74 Å². The molecule has 1 atom stereocenters. The first-order chi connectivity index (χ1) is 15.2. The minimum Gasteiger partial charge on any atom is -0.449 e. The summed E-state index contributed by atoms with van der Waals surface area (Å²) in [5.41, 5.74) is 3.91. The van der Waals surface area contributed by atoms with Gasteiger partial charge in [0.15, 0.2) is 15.9 Å². The van der Waals surface area contributed by atoms with Gasteiger partial charge in [-0.2, -0.15) is 0 Å². The highest BCUT2D eigenvalue weighted by Crippen LogP contribution is 2.24. The van der Waals surface area contributed by atoms with Gasteiger partial charge < -0.3 is 4.74 Å². The van der Waals surface area contributed by atoms with E-state index in [1.54, 1.807) is 36.4 Å². The number of rotatable bonds is 8. The van der Waals surface area contributed by atoms with Crippen molar-refractivity contribution in [3.63, 3.8) is 0 Å². The number of Topliss-reactive ketones (excluding diaryl/α,β-unsaturated/α-hetero) is 1. The van der Waals surface area contributed by atoms with Crippen molar-refractivity contribution in [2.24, 2.45) is 0 Å². The Bertz CT molecular complexity index is 1190. The maximum Gasteiger partial charge on any atom is 0.307 e. The van der Waals surface area contributed by atoms with Crippen LogP contribution in [0.5, 0.6) is 0 Å². The average Bonchev–Trinajstić information content (AvgIpc) is 2.77. The summed E-state index contributed by atoms with van der Waals surface area (Å²) >= 11 is 0. The molecule has 0 aliphatic heterocycles. The van der Waals surface area contributed by atoms with Gasteiger partial charge in [-0.05, 0) is 32.9 Å². The lowest BCUT2D eigenvalue weighted by Crippen LogP contribution is -2.22. The van der Waals surface area contributed by atoms with Crippen molar-refractivity contribution < 1.29 is 22.7 Å². The van der Waals surface area contributed by atoms with Crippen molar-refractivity contribution >= 4 is 21.6 Å². The van der Waals surface area contributed by atoms with Crippen LogP contribution in [0, 0.1) is 20.8 Å². The van der Waals surface area contributed by atoms with E-state index in [1.807, 2.05) is 45.0 Å². The zero-order chi connectivity index (χ0) is 23.3. The van der Waals surface area contributed by atoms with E-state index in [0.29, 0.717) is 11.1 Å². The summed E-state index contributed by atoms with van der Waals surface area (Å²) in [5, 5.41) is 0. The molecule has 0 radical (unpaired) electrons. The van der Waals surface area contributed by atoms with Crippen molar-refractivity contribution in [1.82, 2.24) is 0 Å². The standard InChI is InChI=1S/C26H26O5S/c1-18-4-10-21(11-5-18)25(28)26(22-12-6-19(2)7-13-22)31-24(27)16-17-32(29,30)23-14-8-20(3)9-15-23/h4-15,26H,16-17H2,1-3H3. The minimum atomic E-state index is -3.64. The summed E-state index contributed by atoms with van der Waals surface area (Å²) in [6, 6.07) is 20.6. The molecule has 0 saturated heterocycles. The summed E-state index contributed by atoms with van der Waals surface area (Å²) in [5.74, 6) is -1.50. The highest BCUT2D eigenvalue weighted by molar-refractivity contribution is 7.91. The molecular formula is C26H26O5S. The first-order valence-corrected chi connectivity index (χ1v) is 12.0. The largest absolute Gasteiger partial charge is 0.449 e. The van der Waals surface area contributed by atoms with Gasteiger partial charge in [-0.15, -0.1) is 0 Å². The molecule has 5 nitrogen and oxygen atoms in total. The Morgan fingerprint density at radius 1 is 0.750 bits per heavy atom. The number of ketones is 1. The molecule has 3 rings (SSSR count). The molecule has 0 N–H and O–H groups in total. The van der Waals surface area contributed by atoms with Gasteiger partial charge in [0.25, 0.3) is 0 Å². The molecule has 0 aromatic heterocycles. The van der Waals surface area contributed by atoms with Gasteiger partial charge in [0.1, 0.15) is 0 Å². The molecule has 32 heavy (non-hydrogen) atoms. The number of benzene rings is 3. The third kappa shape index (κ3) is 5.92. The lowest BCUT2D eigenvalue weighted by Gasteiger charge is -2.18. The van der Waals surface area contributed by atoms with Gasteiger partial charge in [-0.25, -0.2) is 8.42 Å². The molecule has 3 aromatic rings. The molecule has 0 bridgehead atoms. The van der Waals surface area contributed by atoms with Crippen molar-refractivity contribution in [2.75, 3.05) is 5.75 Å². The molecular weight excluding hydrogens is 424 g/mol. The summed E-state index contributed by atoms with van der Waals surface area (Å²) in [6.45, 7) is 5.70. The van der Waals surface area contributed by atoms with Crippen LogP contribution in [0.3, 0.4) is 0 Å². The van der Waals surface area contributed by atoms with Gasteiger partial charge in [-0.1, -0.05) is 77.4 Å². The molecule has 166 valence electrons. The fraction of sp³-hybridized carbons (Fsp3) is 0.231. The molecule has 0 aliphatic carbocycles. The van der Waals surface area contributed by atoms with Crippen molar-refractivity contribution in [2.45, 2.75) is 38.2 Å². The molecule has 3 aromatic carbocycles. The Balaban J connectivity index is 1.77. The fourth-order valence-electron chi connectivity index (χ4n) is 3.15.